The van der Waals surface area contributed by atoms with Crippen molar-refractivity contribution in [3.8, 4) is 0 Å². The van der Waals surface area contributed by atoms with Crippen LogP contribution in [-0.2, 0) is 11.8 Å². The number of carbonyl (C=O) groups is 1. The monoisotopic (exact) mass is 210 g/mol. The largest absolute Gasteiger partial charge is 0.327 e. The number of hydrogen-bond acceptors (Lipinski definition) is 3. The SMILES string of the molecule is Cc1nn(C)cc1NC(=O)C(C)C(C)N. The Kier molecular flexibility index (Phi) is 3.47. The van der Waals surface area contributed by atoms with Crippen LogP contribution in [0.1, 0.15) is 19.5 Å². The number of amides is 1. The first-order valence-electron chi connectivity index (χ1n) is 4.98. The first kappa shape index (κ1) is 11.7. The summed E-state index contributed by atoms with van der Waals surface area (Å²) >= 11 is 0. The van der Waals surface area contributed by atoms with Crippen LogP contribution in [-0.4, -0.2) is 21.7 Å². The predicted octanol–water partition coefficient (Wildman–Crippen LogP) is 0.650. The summed E-state index contributed by atoms with van der Waals surface area (Å²) in [6, 6.07) is -0.151. The molecule has 2 unspecified atom stereocenters. The number of aromatic nitrogens is 2. The molecule has 1 aromatic heterocycles. The van der Waals surface area contributed by atoms with E-state index in [2.05, 4.69) is 10.4 Å². The van der Waals surface area contributed by atoms with Gasteiger partial charge in [-0.2, -0.15) is 5.10 Å². The maximum absolute atomic E-state index is 11.7. The number of aryl methyl sites for hydroxylation is 2. The molecule has 1 aromatic rings. The smallest absolute Gasteiger partial charge is 0.228 e. The normalized spacial score (nSPS) is 14.7. The highest BCUT2D eigenvalue weighted by Gasteiger charge is 2.18. The molecule has 5 nitrogen and oxygen atoms in total. The number of anilines is 1. The Bertz CT molecular complexity index is 356. The van der Waals surface area contributed by atoms with Crippen LogP contribution >= 0.6 is 0 Å². The van der Waals surface area contributed by atoms with Crippen molar-refractivity contribution in [2.24, 2.45) is 18.7 Å². The third-order valence-electron chi connectivity index (χ3n) is 2.47. The lowest BCUT2D eigenvalue weighted by atomic mass is 10.0. The molecule has 5 heteroatoms. The van der Waals surface area contributed by atoms with Crippen molar-refractivity contribution < 1.29 is 4.79 Å². The van der Waals surface area contributed by atoms with Gasteiger partial charge in [0.2, 0.25) is 5.91 Å². The van der Waals surface area contributed by atoms with Crippen molar-refractivity contribution in [3.63, 3.8) is 0 Å². The van der Waals surface area contributed by atoms with E-state index in [1.165, 1.54) is 0 Å². The molecule has 0 saturated heterocycles. The summed E-state index contributed by atoms with van der Waals surface area (Å²) in [7, 11) is 1.82. The number of nitrogens with two attached hydrogens (primary N) is 1. The molecule has 0 saturated carbocycles. The van der Waals surface area contributed by atoms with Gasteiger partial charge in [0, 0.05) is 19.3 Å². The summed E-state index contributed by atoms with van der Waals surface area (Å²) in [6.07, 6.45) is 1.78. The average Bonchev–Trinajstić information content (AvgIpc) is 2.43. The second-order valence-corrected chi connectivity index (χ2v) is 3.94. The molecule has 0 spiro atoms. The highest BCUT2D eigenvalue weighted by molar-refractivity contribution is 5.93. The van der Waals surface area contributed by atoms with E-state index in [4.69, 9.17) is 5.73 Å². The molecule has 1 rings (SSSR count). The summed E-state index contributed by atoms with van der Waals surface area (Å²) in [5.74, 6) is -0.272. The minimum atomic E-state index is -0.204. The molecule has 1 amide bonds. The molecule has 1 heterocycles. The van der Waals surface area contributed by atoms with Gasteiger partial charge in [-0.15, -0.1) is 0 Å². The van der Waals surface area contributed by atoms with Gasteiger partial charge in [0.05, 0.1) is 17.3 Å². The molecule has 0 aliphatic heterocycles. The molecule has 0 fully saturated rings. The highest BCUT2D eigenvalue weighted by Crippen LogP contribution is 2.13. The minimum absolute atomic E-state index is 0.0684. The maximum Gasteiger partial charge on any atom is 0.228 e. The van der Waals surface area contributed by atoms with Crippen LogP contribution in [0.2, 0.25) is 0 Å². The quantitative estimate of drug-likeness (QED) is 0.769. The number of rotatable bonds is 3. The maximum atomic E-state index is 11.7. The summed E-state index contributed by atoms with van der Waals surface area (Å²) in [5.41, 5.74) is 7.21. The summed E-state index contributed by atoms with van der Waals surface area (Å²) in [5, 5.41) is 6.95. The van der Waals surface area contributed by atoms with Crippen molar-refractivity contribution in [3.05, 3.63) is 11.9 Å². The Morgan fingerprint density at radius 2 is 2.20 bits per heavy atom. The standard InChI is InChI=1S/C10H18N4O/c1-6(7(2)11)10(15)12-9-5-14(4)13-8(9)3/h5-7H,11H2,1-4H3,(H,12,15). The molecule has 2 atom stereocenters. The zero-order chi connectivity index (χ0) is 11.6. The lowest BCUT2D eigenvalue weighted by Crippen LogP contribution is -2.34. The number of nitrogens with one attached hydrogen (secondary N) is 1. The van der Waals surface area contributed by atoms with Crippen LogP contribution in [0, 0.1) is 12.8 Å². The molecule has 3 N–H and O–H groups in total. The summed E-state index contributed by atoms with van der Waals surface area (Å²) in [6.45, 7) is 5.48. The molecule has 84 valence electrons. The van der Waals surface area contributed by atoms with E-state index in [9.17, 15) is 4.79 Å². The Balaban J connectivity index is 2.70. The van der Waals surface area contributed by atoms with Crippen LogP contribution in [0.15, 0.2) is 6.20 Å². The van der Waals surface area contributed by atoms with Gasteiger partial charge in [0.15, 0.2) is 0 Å². The van der Waals surface area contributed by atoms with Gasteiger partial charge in [-0.05, 0) is 13.8 Å². The summed E-state index contributed by atoms with van der Waals surface area (Å²) in [4.78, 5) is 11.7. The van der Waals surface area contributed by atoms with Gasteiger partial charge in [-0.3, -0.25) is 9.48 Å². The Labute approximate surface area is 89.6 Å². The molecule has 0 aliphatic carbocycles. The first-order chi connectivity index (χ1) is 6.91. The van der Waals surface area contributed by atoms with Crippen molar-refractivity contribution in [1.29, 1.82) is 0 Å². The minimum Gasteiger partial charge on any atom is -0.327 e. The van der Waals surface area contributed by atoms with Gasteiger partial charge in [0.25, 0.3) is 0 Å². The molecule has 0 aromatic carbocycles. The van der Waals surface area contributed by atoms with E-state index < -0.39 is 0 Å². The molecule has 0 radical (unpaired) electrons. The summed E-state index contributed by atoms with van der Waals surface area (Å²) < 4.78 is 1.67. The molecule has 0 aliphatic rings. The Morgan fingerprint density at radius 3 is 2.60 bits per heavy atom. The van der Waals surface area contributed by atoms with Crippen molar-refractivity contribution in [2.45, 2.75) is 26.8 Å². The Morgan fingerprint density at radius 1 is 1.60 bits per heavy atom. The van der Waals surface area contributed by atoms with Crippen molar-refractivity contribution in [2.75, 3.05) is 5.32 Å². The topological polar surface area (TPSA) is 72.9 Å². The zero-order valence-corrected chi connectivity index (χ0v) is 9.61. The predicted molar refractivity (Wildman–Crippen MR) is 59.4 cm³/mol. The first-order valence-corrected chi connectivity index (χ1v) is 4.98. The van der Waals surface area contributed by atoms with Gasteiger partial charge in [-0.25, -0.2) is 0 Å². The highest BCUT2D eigenvalue weighted by atomic mass is 16.1. The average molecular weight is 210 g/mol. The van der Waals surface area contributed by atoms with Crippen LogP contribution in [0.5, 0.6) is 0 Å². The number of hydrogen-bond donors (Lipinski definition) is 2. The van der Waals surface area contributed by atoms with E-state index in [-0.39, 0.29) is 17.9 Å². The third kappa shape index (κ3) is 2.79. The second-order valence-electron chi connectivity index (χ2n) is 3.94. The lowest BCUT2D eigenvalue weighted by molar-refractivity contribution is -0.119. The van der Waals surface area contributed by atoms with Gasteiger partial charge in [0.1, 0.15) is 0 Å². The fourth-order valence-corrected chi connectivity index (χ4v) is 1.21. The molecular weight excluding hydrogens is 192 g/mol. The van der Waals surface area contributed by atoms with Crippen molar-refractivity contribution in [1.82, 2.24) is 9.78 Å². The van der Waals surface area contributed by atoms with E-state index in [1.807, 2.05) is 27.8 Å². The Hall–Kier alpha value is -1.36. The molecular formula is C10H18N4O. The zero-order valence-electron chi connectivity index (χ0n) is 9.61. The molecule has 15 heavy (non-hydrogen) atoms. The van der Waals surface area contributed by atoms with E-state index in [1.54, 1.807) is 10.9 Å². The second kappa shape index (κ2) is 4.44. The van der Waals surface area contributed by atoms with Gasteiger partial charge < -0.3 is 11.1 Å². The van der Waals surface area contributed by atoms with Crippen LogP contribution in [0.3, 0.4) is 0 Å². The van der Waals surface area contributed by atoms with Gasteiger partial charge >= 0.3 is 0 Å². The van der Waals surface area contributed by atoms with E-state index in [0.29, 0.717) is 0 Å². The number of carbonyl (C=O) groups excluding carboxylic acids is 1. The van der Waals surface area contributed by atoms with Crippen LogP contribution in [0.4, 0.5) is 5.69 Å². The number of nitrogens with zero attached hydrogens (tertiary/aromatic N) is 2. The van der Waals surface area contributed by atoms with Crippen LogP contribution in [0.25, 0.3) is 0 Å². The fourth-order valence-electron chi connectivity index (χ4n) is 1.21. The van der Waals surface area contributed by atoms with E-state index >= 15 is 0 Å². The lowest BCUT2D eigenvalue weighted by Gasteiger charge is -2.14. The molecule has 0 bridgehead atoms. The fraction of sp³-hybridized carbons (Fsp3) is 0.600. The van der Waals surface area contributed by atoms with Crippen molar-refractivity contribution >= 4 is 11.6 Å². The van der Waals surface area contributed by atoms with E-state index in [0.717, 1.165) is 11.4 Å². The van der Waals surface area contributed by atoms with Gasteiger partial charge in [-0.1, -0.05) is 6.92 Å². The van der Waals surface area contributed by atoms with Crippen LogP contribution < -0.4 is 11.1 Å². The third-order valence-corrected chi connectivity index (χ3v) is 2.47.